The number of nitrogens with one attached hydrogen (secondary N) is 1. The van der Waals surface area contributed by atoms with Gasteiger partial charge in [-0.15, -0.1) is 0 Å². The number of unbranched alkanes of at least 4 members (excludes halogenated alkanes) is 1. The topological polar surface area (TPSA) is 174 Å². The maximum Gasteiger partial charge on any atom is 0.260 e. The fraction of sp³-hybridized carbons (Fsp3) is 0.282. The number of nitrogens with two attached hydrogens (primary N) is 1. The number of anilines is 1. The predicted octanol–water partition coefficient (Wildman–Crippen LogP) is 5.15. The quantitative estimate of drug-likeness (QED) is 0.100. The van der Waals surface area contributed by atoms with Crippen LogP contribution in [0.1, 0.15) is 42.1 Å². The number of carbonyl (C=O) groups is 1. The molecule has 0 saturated carbocycles. The number of halogens is 1. The molecule has 6 rings (SSSR count). The van der Waals surface area contributed by atoms with Crippen LogP contribution in [-0.2, 0) is 20.8 Å². The number of phenols is 1. The van der Waals surface area contributed by atoms with Gasteiger partial charge in [-0.1, -0.05) is 41.6 Å². The minimum Gasteiger partial charge on any atom is -0.508 e. The lowest BCUT2D eigenvalue weighted by molar-refractivity contribution is -0.132. The van der Waals surface area contributed by atoms with E-state index in [1.807, 2.05) is 24.3 Å². The molecule has 0 aliphatic carbocycles. The van der Waals surface area contributed by atoms with Crippen LogP contribution in [0.4, 0.5) is 5.82 Å². The van der Waals surface area contributed by atoms with Gasteiger partial charge in [0, 0.05) is 56.3 Å². The minimum absolute atomic E-state index is 0.0177. The molecule has 14 heteroatoms. The lowest BCUT2D eigenvalue weighted by Gasteiger charge is -2.21. The van der Waals surface area contributed by atoms with Gasteiger partial charge < -0.3 is 30.2 Å². The van der Waals surface area contributed by atoms with Gasteiger partial charge in [-0.05, 0) is 60.5 Å². The molecule has 3 aromatic carbocycles. The van der Waals surface area contributed by atoms with E-state index in [-0.39, 0.29) is 29.6 Å². The molecule has 6 aromatic rings. The Morgan fingerprint density at radius 3 is 2.53 bits per heavy atom. The molecule has 13 nitrogen and oxygen atoms in total. The first-order valence-electron chi connectivity index (χ1n) is 17.1. The molecule has 4 N–H and O–H groups in total. The molecule has 0 aliphatic rings. The van der Waals surface area contributed by atoms with E-state index >= 15 is 0 Å². The van der Waals surface area contributed by atoms with Crippen LogP contribution >= 0.6 is 11.6 Å². The Labute approximate surface area is 310 Å². The number of hydrogen-bond acceptors (Lipinski definition) is 10. The van der Waals surface area contributed by atoms with Crippen LogP contribution in [0.15, 0.2) is 77.9 Å². The number of nitrogens with zero attached hydrogens (tertiary/aromatic N) is 6. The second kappa shape index (κ2) is 17.1. The lowest BCUT2D eigenvalue weighted by atomic mass is 9.97. The smallest absolute Gasteiger partial charge is 0.260 e. The highest BCUT2D eigenvalue weighted by Crippen LogP contribution is 2.33. The van der Waals surface area contributed by atoms with Gasteiger partial charge in [0.2, 0.25) is 5.91 Å². The van der Waals surface area contributed by atoms with Crippen molar-refractivity contribution in [2.75, 3.05) is 46.3 Å². The monoisotopic (exact) mass is 734 g/mol. The highest BCUT2D eigenvalue weighted by Gasteiger charge is 2.24. The summed E-state index contributed by atoms with van der Waals surface area (Å²) in [6.45, 7) is 2.11. The zero-order chi connectivity index (χ0) is 37.3. The Morgan fingerprint density at radius 2 is 1.79 bits per heavy atom. The van der Waals surface area contributed by atoms with Crippen LogP contribution in [-0.4, -0.2) is 86.2 Å². The fourth-order valence-corrected chi connectivity index (χ4v) is 6.31. The van der Waals surface area contributed by atoms with Gasteiger partial charge in [-0.2, -0.15) is 5.10 Å². The fourth-order valence-electron chi connectivity index (χ4n) is 6.11. The Morgan fingerprint density at radius 1 is 1.04 bits per heavy atom. The van der Waals surface area contributed by atoms with Crippen LogP contribution in [0.25, 0.3) is 33.2 Å². The number of ether oxygens (including phenoxy) is 2. The van der Waals surface area contributed by atoms with Crippen LogP contribution in [0, 0.1) is 11.8 Å². The number of phenolic OH excluding ortho intramolecular Hbond substituents is 1. The molecule has 1 atom stereocenters. The van der Waals surface area contributed by atoms with E-state index in [2.05, 4.69) is 26.8 Å². The highest BCUT2D eigenvalue weighted by atomic mass is 35.5. The third-order valence-corrected chi connectivity index (χ3v) is 9.02. The number of amides is 1. The normalized spacial score (nSPS) is 11.8. The molecular formula is C39H39ClN8O5. The molecular weight excluding hydrogens is 696 g/mol. The molecule has 53 heavy (non-hydrogen) atoms. The third-order valence-electron chi connectivity index (χ3n) is 8.79. The molecule has 1 unspecified atom stereocenters. The number of aromatic nitrogens is 6. The van der Waals surface area contributed by atoms with Crippen LogP contribution in [0.3, 0.4) is 0 Å². The molecule has 0 bridgehead atoms. The van der Waals surface area contributed by atoms with Crippen molar-refractivity contribution in [3.05, 3.63) is 105 Å². The summed E-state index contributed by atoms with van der Waals surface area (Å²) in [6, 6.07) is 19.4. The molecule has 3 aromatic heterocycles. The van der Waals surface area contributed by atoms with E-state index in [9.17, 15) is 14.7 Å². The van der Waals surface area contributed by atoms with E-state index in [1.165, 1.54) is 6.33 Å². The number of aromatic amines is 1. The number of aromatic hydroxyl groups is 1. The molecule has 272 valence electrons. The molecule has 3 heterocycles. The maximum absolute atomic E-state index is 13.8. The number of benzene rings is 3. The zero-order valence-electron chi connectivity index (χ0n) is 29.4. The van der Waals surface area contributed by atoms with Crippen molar-refractivity contribution in [2.45, 2.75) is 31.7 Å². The molecule has 0 radical (unpaired) electrons. The van der Waals surface area contributed by atoms with Crippen molar-refractivity contribution in [1.29, 1.82) is 0 Å². The predicted molar refractivity (Wildman–Crippen MR) is 204 cm³/mol. The second-order valence-corrected chi connectivity index (χ2v) is 12.8. The summed E-state index contributed by atoms with van der Waals surface area (Å²) >= 11 is 6.46. The summed E-state index contributed by atoms with van der Waals surface area (Å²) < 4.78 is 12.0. The first-order valence-corrected chi connectivity index (χ1v) is 17.4. The number of carbonyl (C=O) groups excluding carboxylic acids is 1. The number of H-pyrrole nitrogens is 1. The standard InChI is InChI=1S/C39H39ClN8O5/c1-52-20-18-47(19-21-53-2)32(50)13-5-3-4-8-25-9-7-12-31-33(25)39(51)45-37(44-31)30(27-10-6-11-28(40)22-27)23-48-38-34(36(41)42-24-43-38)35(46-48)26-14-16-29(49)17-15-26/h6-7,9-12,14-17,22,24,30,49H,3,5,13,18-21,23H2,1-2H3,(H2,41,42,43)(H,44,45,51). The van der Waals surface area contributed by atoms with Gasteiger partial charge >= 0.3 is 0 Å². The largest absolute Gasteiger partial charge is 0.508 e. The van der Waals surface area contributed by atoms with Crippen molar-refractivity contribution in [1.82, 2.24) is 34.6 Å². The van der Waals surface area contributed by atoms with Crippen molar-refractivity contribution < 1.29 is 19.4 Å². The van der Waals surface area contributed by atoms with Gasteiger partial charge in [-0.25, -0.2) is 19.6 Å². The van der Waals surface area contributed by atoms with E-state index < -0.39 is 5.92 Å². The molecule has 0 spiro atoms. The van der Waals surface area contributed by atoms with Crippen molar-refractivity contribution in [2.24, 2.45) is 0 Å². The summed E-state index contributed by atoms with van der Waals surface area (Å²) in [6.07, 6.45) is 2.76. The molecule has 0 saturated heterocycles. The maximum atomic E-state index is 13.8. The number of fused-ring (bicyclic) bond motifs is 2. The SMILES string of the molecule is COCCN(CCOC)C(=O)CCCC#Cc1cccc2nc(C(Cn3nc(-c4ccc(O)cc4)c4c(N)ncnc43)c3cccc(Cl)c3)[nH]c(=O)c12. The van der Waals surface area contributed by atoms with Crippen LogP contribution in [0.5, 0.6) is 5.75 Å². The van der Waals surface area contributed by atoms with Crippen molar-refractivity contribution >= 4 is 45.3 Å². The van der Waals surface area contributed by atoms with Gasteiger partial charge in [-0.3, -0.25) is 9.59 Å². The second-order valence-electron chi connectivity index (χ2n) is 12.3. The lowest BCUT2D eigenvalue weighted by Crippen LogP contribution is -2.36. The van der Waals surface area contributed by atoms with Crippen LogP contribution in [0.2, 0.25) is 5.02 Å². The number of hydrogen-bond donors (Lipinski definition) is 3. The molecule has 0 fully saturated rings. The number of methoxy groups -OCH3 is 2. The summed E-state index contributed by atoms with van der Waals surface area (Å²) in [7, 11) is 3.21. The third kappa shape index (κ3) is 8.64. The number of rotatable bonds is 14. The average molecular weight is 735 g/mol. The number of nitrogen functional groups attached to an aromatic ring is 1. The Kier molecular flexibility index (Phi) is 12.0. The first kappa shape index (κ1) is 37.0. The average Bonchev–Trinajstić information content (AvgIpc) is 3.53. The Bertz CT molecular complexity index is 2340. The van der Waals surface area contributed by atoms with E-state index in [0.717, 1.165) is 11.1 Å². The summed E-state index contributed by atoms with van der Waals surface area (Å²) in [4.78, 5) is 45.0. The Hall–Kier alpha value is -5.81. The van der Waals surface area contributed by atoms with Gasteiger partial charge in [0.25, 0.3) is 5.56 Å². The molecule has 0 aliphatic heterocycles. The van der Waals surface area contributed by atoms with Crippen molar-refractivity contribution in [3.8, 4) is 28.8 Å². The van der Waals surface area contributed by atoms with E-state index in [4.69, 9.17) is 36.9 Å². The summed E-state index contributed by atoms with van der Waals surface area (Å²) in [5.74, 6) is 6.54. The molecule has 1 amide bonds. The highest BCUT2D eigenvalue weighted by molar-refractivity contribution is 6.30. The first-order chi connectivity index (χ1) is 25.8. The van der Waals surface area contributed by atoms with Gasteiger partial charge in [0.1, 0.15) is 29.4 Å². The Balaban J connectivity index is 1.30. The minimum atomic E-state index is -0.516. The summed E-state index contributed by atoms with van der Waals surface area (Å²) in [5.41, 5.74) is 9.58. The zero-order valence-corrected chi connectivity index (χ0v) is 30.1. The van der Waals surface area contributed by atoms with Crippen molar-refractivity contribution in [3.63, 3.8) is 0 Å². The van der Waals surface area contributed by atoms with Gasteiger partial charge in [0.15, 0.2) is 5.65 Å². The van der Waals surface area contributed by atoms with Crippen LogP contribution < -0.4 is 11.3 Å². The summed E-state index contributed by atoms with van der Waals surface area (Å²) in [5, 5.41) is 16.2. The van der Waals surface area contributed by atoms with E-state index in [1.54, 1.807) is 66.3 Å². The van der Waals surface area contributed by atoms with Gasteiger partial charge in [0.05, 0.1) is 42.0 Å². The van der Waals surface area contributed by atoms with E-state index in [0.29, 0.717) is 89.6 Å².